The van der Waals surface area contributed by atoms with Gasteiger partial charge in [0.05, 0.1) is 6.10 Å². The normalized spacial score (nSPS) is 32.6. The van der Waals surface area contributed by atoms with Crippen molar-refractivity contribution in [1.29, 1.82) is 0 Å². The smallest absolute Gasteiger partial charge is 0.0927 e. The van der Waals surface area contributed by atoms with E-state index in [1.54, 1.807) is 11.3 Å². The summed E-state index contributed by atoms with van der Waals surface area (Å²) in [7, 11) is 0. The molecule has 1 N–H and O–H groups in total. The van der Waals surface area contributed by atoms with Crippen LogP contribution in [0.5, 0.6) is 0 Å². The van der Waals surface area contributed by atoms with Crippen molar-refractivity contribution in [3.8, 4) is 0 Å². The molecule has 0 aliphatic carbocycles. The highest BCUT2D eigenvalue weighted by molar-refractivity contribution is 8.07. The minimum absolute atomic E-state index is 0.293. The molecule has 0 aromatic carbocycles. The number of thioether (sulfide) groups is 2. The first-order valence-corrected chi connectivity index (χ1v) is 8.46. The van der Waals surface area contributed by atoms with Gasteiger partial charge in [0.15, 0.2) is 0 Å². The largest absolute Gasteiger partial charge is 0.387 e. The standard InChI is InChI=1S/C12H18OS3/c1-7-8(2)16-11(6-15-7)12(13)10-4-5-14-9(10)3/h4-5,7-8,11-13H,6H2,1-3H3. The molecule has 0 amide bonds. The van der Waals surface area contributed by atoms with Gasteiger partial charge in [-0.15, -0.1) is 11.3 Å². The molecule has 1 nitrogen and oxygen atoms in total. The maximum atomic E-state index is 10.4. The molecular formula is C12H18OS3. The van der Waals surface area contributed by atoms with E-state index in [-0.39, 0.29) is 6.10 Å². The average molecular weight is 274 g/mol. The molecule has 4 atom stereocenters. The van der Waals surface area contributed by atoms with Gasteiger partial charge in [0.1, 0.15) is 0 Å². The molecule has 1 saturated heterocycles. The third-order valence-electron chi connectivity index (χ3n) is 3.14. The summed E-state index contributed by atoms with van der Waals surface area (Å²) in [4.78, 5) is 1.25. The Balaban J connectivity index is 2.06. The fourth-order valence-corrected chi connectivity index (χ4v) is 5.61. The second kappa shape index (κ2) is 5.34. The Morgan fingerprint density at radius 3 is 2.69 bits per heavy atom. The topological polar surface area (TPSA) is 20.2 Å². The van der Waals surface area contributed by atoms with Crippen molar-refractivity contribution in [1.82, 2.24) is 0 Å². The van der Waals surface area contributed by atoms with Gasteiger partial charge in [-0.05, 0) is 23.9 Å². The Morgan fingerprint density at radius 1 is 1.38 bits per heavy atom. The molecule has 1 aromatic rings. The Morgan fingerprint density at radius 2 is 2.12 bits per heavy atom. The molecule has 1 aromatic heterocycles. The molecule has 1 fully saturated rings. The number of aryl methyl sites for hydroxylation is 1. The number of aliphatic hydroxyl groups is 1. The second-order valence-corrected chi connectivity index (χ2v) is 8.45. The van der Waals surface area contributed by atoms with Crippen LogP contribution in [-0.4, -0.2) is 26.6 Å². The molecule has 2 heterocycles. The van der Waals surface area contributed by atoms with Gasteiger partial charge in [-0.3, -0.25) is 0 Å². The van der Waals surface area contributed by atoms with Crippen LogP contribution in [0, 0.1) is 6.92 Å². The molecule has 4 unspecified atom stereocenters. The van der Waals surface area contributed by atoms with Crippen LogP contribution in [0.25, 0.3) is 0 Å². The molecule has 2 rings (SSSR count). The van der Waals surface area contributed by atoms with Crippen molar-refractivity contribution in [3.05, 3.63) is 21.9 Å². The monoisotopic (exact) mass is 274 g/mol. The van der Waals surface area contributed by atoms with Crippen molar-refractivity contribution in [2.75, 3.05) is 5.75 Å². The Labute approximate surface area is 110 Å². The molecule has 0 radical (unpaired) electrons. The van der Waals surface area contributed by atoms with E-state index in [1.807, 2.05) is 23.5 Å². The van der Waals surface area contributed by atoms with Gasteiger partial charge < -0.3 is 5.11 Å². The van der Waals surface area contributed by atoms with Crippen LogP contribution in [0.4, 0.5) is 0 Å². The van der Waals surface area contributed by atoms with E-state index in [1.165, 1.54) is 4.88 Å². The lowest BCUT2D eigenvalue weighted by Gasteiger charge is -2.33. The van der Waals surface area contributed by atoms with E-state index in [0.717, 1.165) is 11.3 Å². The molecule has 16 heavy (non-hydrogen) atoms. The minimum Gasteiger partial charge on any atom is -0.387 e. The van der Waals surface area contributed by atoms with Crippen molar-refractivity contribution in [2.45, 2.75) is 42.6 Å². The predicted octanol–water partition coefficient (Wildman–Crippen LogP) is 3.72. The van der Waals surface area contributed by atoms with E-state index < -0.39 is 0 Å². The van der Waals surface area contributed by atoms with Crippen molar-refractivity contribution in [3.63, 3.8) is 0 Å². The van der Waals surface area contributed by atoms with Crippen LogP contribution in [0.15, 0.2) is 11.4 Å². The SMILES string of the molecule is Cc1sccc1C(O)C1CSC(C)C(C)S1. The number of thiophene rings is 1. The Hall–Kier alpha value is 0.360. The summed E-state index contributed by atoms with van der Waals surface area (Å²) in [6.07, 6.45) is -0.293. The first-order chi connectivity index (χ1) is 7.59. The molecule has 1 aliphatic heterocycles. The van der Waals surface area contributed by atoms with Crippen molar-refractivity contribution < 1.29 is 5.11 Å². The zero-order valence-corrected chi connectivity index (χ0v) is 12.3. The van der Waals surface area contributed by atoms with Crippen LogP contribution < -0.4 is 0 Å². The van der Waals surface area contributed by atoms with Crippen LogP contribution in [0.3, 0.4) is 0 Å². The van der Waals surface area contributed by atoms with Crippen LogP contribution in [0.1, 0.15) is 30.4 Å². The van der Waals surface area contributed by atoms with Crippen LogP contribution in [-0.2, 0) is 0 Å². The van der Waals surface area contributed by atoms with Gasteiger partial charge in [0.25, 0.3) is 0 Å². The molecule has 4 heteroatoms. The van der Waals surface area contributed by atoms with Crippen molar-refractivity contribution in [2.24, 2.45) is 0 Å². The lowest BCUT2D eigenvalue weighted by molar-refractivity contribution is 0.180. The second-order valence-electron chi connectivity index (χ2n) is 4.30. The predicted molar refractivity (Wildman–Crippen MR) is 76.8 cm³/mol. The average Bonchev–Trinajstić information content (AvgIpc) is 2.67. The van der Waals surface area contributed by atoms with Crippen LogP contribution >= 0.6 is 34.9 Å². The minimum atomic E-state index is -0.293. The van der Waals surface area contributed by atoms with Gasteiger partial charge in [-0.25, -0.2) is 0 Å². The number of aliphatic hydroxyl groups excluding tert-OH is 1. The van der Waals surface area contributed by atoms with Crippen LogP contribution in [0.2, 0.25) is 0 Å². The summed E-state index contributed by atoms with van der Waals surface area (Å²) in [6, 6.07) is 2.07. The van der Waals surface area contributed by atoms with E-state index in [0.29, 0.717) is 15.7 Å². The number of hydrogen-bond donors (Lipinski definition) is 1. The maximum Gasteiger partial charge on any atom is 0.0927 e. The third-order valence-corrected chi connectivity index (χ3v) is 7.49. The summed E-state index contributed by atoms with van der Waals surface area (Å²) in [5.74, 6) is 1.06. The highest BCUT2D eigenvalue weighted by Gasteiger charge is 2.31. The summed E-state index contributed by atoms with van der Waals surface area (Å²) >= 11 is 5.65. The fourth-order valence-electron chi connectivity index (χ4n) is 1.88. The lowest BCUT2D eigenvalue weighted by Crippen LogP contribution is -2.30. The maximum absolute atomic E-state index is 10.4. The fraction of sp³-hybridized carbons (Fsp3) is 0.667. The van der Waals surface area contributed by atoms with Gasteiger partial charge in [0, 0.05) is 26.4 Å². The van der Waals surface area contributed by atoms with E-state index >= 15 is 0 Å². The quantitative estimate of drug-likeness (QED) is 0.887. The Kier molecular flexibility index (Phi) is 4.27. The summed E-state index contributed by atoms with van der Waals surface area (Å²) in [5.41, 5.74) is 1.13. The van der Waals surface area contributed by atoms with E-state index in [9.17, 15) is 5.11 Å². The molecule has 90 valence electrons. The lowest BCUT2D eigenvalue weighted by atomic mass is 10.1. The van der Waals surface area contributed by atoms with E-state index in [4.69, 9.17) is 0 Å². The zero-order chi connectivity index (χ0) is 11.7. The summed E-state index contributed by atoms with van der Waals surface area (Å²) < 4.78 is 0. The summed E-state index contributed by atoms with van der Waals surface area (Å²) in [6.45, 7) is 6.64. The van der Waals surface area contributed by atoms with Gasteiger partial charge in [-0.2, -0.15) is 23.5 Å². The van der Waals surface area contributed by atoms with Crippen molar-refractivity contribution >= 4 is 34.9 Å². The summed E-state index contributed by atoms with van der Waals surface area (Å²) in [5, 5.41) is 14.2. The first kappa shape index (κ1) is 12.8. The zero-order valence-electron chi connectivity index (χ0n) is 9.84. The third kappa shape index (κ3) is 2.61. The van der Waals surface area contributed by atoms with Gasteiger partial charge >= 0.3 is 0 Å². The molecule has 0 spiro atoms. The number of hydrogen-bond acceptors (Lipinski definition) is 4. The number of rotatable bonds is 2. The molecule has 1 aliphatic rings. The van der Waals surface area contributed by atoms with Gasteiger partial charge in [-0.1, -0.05) is 13.8 Å². The molecular weight excluding hydrogens is 256 g/mol. The molecule has 0 bridgehead atoms. The highest BCUT2D eigenvalue weighted by atomic mass is 32.2. The van der Waals surface area contributed by atoms with E-state index in [2.05, 4.69) is 32.2 Å². The first-order valence-electron chi connectivity index (χ1n) is 5.58. The Bertz CT molecular complexity index is 350. The van der Waals surface area contributed by atoms with Gasteiger partial charge in [0.2, 0.25) is 0 Å². The highest BCUT2D eigenvalue weighted by Crippen LogP contribution is 2.41. The molecule has 0 saturated carbocycles.